The van der Waals surface area contributed by atoms with Gasteiger partial charge >= 0.3 is 0 Å². The SMILES string of the molecule is CCC(CC)c1ccc2c(n1)oc1ccc(-c3cc(C(C)(CC)CC)ccn3)cc12. The average molecular weight is 401 g/mol. The van der Waals surface area contributed by atoms with Crippen LogP contribution in [0.3, 0.4) is 0 Å². The van der Waals surface area contributed by atoms with Gasteiger partial charge in [-0.3, -0.25) is 4.98 Å². The molecule has 0 saturated heterocycles. The molecule has 0 aliphatic carbocycles. The van der Waals surface area contributed by atoms with Gasteiger partial charge in [-0.15, -0.1) is 0 Å². The maximum Gasteiger partial charge on any atom is 0.227 e. The van der Waals surface area contributed by atoms with Crippen LogP contribution >= 0.6 is 0 Å². The Morgan fingerprint density at radius 1 is 0.900 bits per heavy atom. The molecule has 0 bridgehead atoms. The average Bonchev–Trinajstić information content (AvgIpc) is 3.16. The van der Waals surface area contributed by atoms with E-state index in [0.29, 0.717) is 5.92 Å². The molecule has 3 aromatic heterocycles. The lowest BCUT2D eigenvalue weighted by Gasteiger charge is -2.27. The van der Waals surface area contributed by atoms with Crippen molar-refractivity contribution in [2.75, 3.05) is 0 Å². The lowest BCUT2D eigenvalue weighted by Crippen LogP contribution is -2.19. The summed E-state index contributed by atoms with van der Waals surface area (Å²) in [6.45, 7) is 11.3. The summed E-state index contributed by atoms with van der Waals surface area (Å²) < 4.78 is 6.10. The number of pyridine rings is 2. The van der Waals surface area contributed by atoms with Crippen LogP contribution in [0.5, 0.6) is 0 Å². The van der Waals surface area contributed by atoms with Gasteiger partial charge in [-0.1, -0.05) is 34.6 Å². The van der Waals surface area contributed by atoms with Crippen molar-refractivity contribution in [2.24, 2.45) is 0 Å². The minimum Gasteiger partial charge on any atom is -0.438 e. The molecule has 0 radical (unpaired) electrons. The van der Waals surface area contributed by atoms with Gasteiger partial charge in [0.05, 0.1) is 5.69 Å². The monoisotopic (exact) mass is 400 g/mol. The zero-order valence-electron chi connectivity index (χ0n) is 18.8. The number of aromatic nitrogens is 2. The molecule has 0 unspecified atom stereocenters. The highest BCUT2D eigenvalue weighted by Crippen LogP contribution is 2.35. The van der Waals surface area contributed by atoms with Crippen molar-refractivity contribution in [1.29, 1.82) is 0 Å². The molecule has 0 fully saturated rings. The van der Waals surface area contributed by atoms with Crippen molar-refractivity contribution < 1.29 is 4.42 Å². The smallest absolute Gasteiger partial charge is 0.227 e. The van der Waals surface area contributed by atoms with E-state index in [1.165, 1.54) is 5.56 Å². The first-order chi connectivity index (χ1) is 14.5. The lowest BCUT2D eigenvalue weighted by atomic mass is 9.78. The Kier molecular flexibility index (Phi) is 5.64. The summed E-state index contributed by atoms with van der Waals surface area (Å²) in [6.07, 6.45) is 6.35. The fourth-order valence-corrected chi connectivity index (χ4v) is 4.39. The number of furan rings is 1. The third-order valence-electron chi connectivity index (χ3n) is 7.08. The molecule has 0 amide bonds. The second-order valence-corrected chi connectivity index (χ2v) is 8.61. The number of nitrogens with zero attached hydrogens (tertiary/aromatic N) is 2. The van der Waals surface area contributed by atoms with Gasteiger partial charge in [-0.25, -0.2) is 4.98 Å². The van der Waals surface area contributed by atoms with E-state index in [-0.39, 0.29) is 5.41 Å². The van der Waals surface area contributed by atoms with Crippen LogP contribution in [0, 0.1) is 0 Å². The first-order valence-electron chi connectivity index (χ1n) is 11.3. The van der Waals surface area contributed by atoms with Crippen molar-refractivity contribution in [3.05, 3.63) is 59.9 Å². The highest BCUT2D eigenvalue weighted by Gasteiger charge is 2.23. The number of hydrogen-bond donors (Lipinski definition) is 0. The van der Waals surface area contributed by atoms with Crippen LogP contribution in [-0.2, 0) is 5.41 Å². The molecule has 30 heavy (non-hydrogen) atoms. The highest BCUT2D eigenvalue weighted by atomic mass is 16.3. The van der Waals surface area contributed by atoms with Crippen LogP contribution < -0.4 is 0 Å². The maximum absolute atomic E-state index is 6.10. The van der Waals surface area contributed by atoms with E-state index in [9.17, 15) is 0 Å². The number of benzene rings is 1. The van der Waals surface area contributed by atoms with Gasteiger partial charge in [-0.2, -0.15) is 0 Å². The maximum atomic E-state index is 6.10. The van der Waals surface area contributed by atoms with E-state index in [1.54, 1.807) is 0 Å². The third kappa shape index (κ3) is 3.51. The van der Waals surface area contributed by atoms with Gasteiger partial charge in [0.2, 0.25) is 5.71 Å². The van der Waals surface area contributed by atoms with Gasteiger partial charge in [0.1, 0.15) is 5.58 Å². The minimum absolute atomic E-state index is 0.180. The van der Waals surface area contributed by atoms with Crippen LogP contribution in [-0.4, -0.2) is 9.97 Å². The molecule has 3 nitrogen and oxygen atoms in total. The van der Waals surface area contributed by atoms with E-state index in [1.807, 2.05) is 6.20 Å². The molecule has 3 heterocycles. The van der Waals surface area contributed by atoms with Crippen molar-refractivity contribution in [3.63, 3.8) is 0 Å². The Morgan fingerprint density at radius 2 is 1.67 bits per heavy atom. The van der Waals surface area contributed by atoms with Gasteiger partial charge in [-0.05, 0) is 79.1 Å². The van der Waals surface area contributed by atoms with E-state index >= 15 is 0 Å². The van der Waals surface area contributed by atoms with Gasteiger partial charge < -0.3 is 4.42 Å². The van der Waals surface area contributed by atoms with E-state index in [2.05, 4.69) is 82.1 Å². The lowest BCUT2D eigenvalue weighted by molar-refractivity contribution is 0.438. The standard InChI is InChI=1S/C27H32N2O/c1-6-18(7-2)23-12-11-21-22-16-19(10-13-25(22)30-26(21)29-23)24-17-20(14-15-28-24)27(5,8-3)9-4/h10-18H,6-9H2,1-5H3. The highest BCUT2D eigenvalue weighted by molar-refractivity contribution is 6.05. The molecule has 0 aliphatic heterocycles. The van der Waals surface area contributed by atoms with Crippen LogP contribution in [0.1, 0.15) is 77.5 Å². The molecular weight excluding hydrogens is 368 g/mol. The van der Waals surface area contributed by atoms with E-state index < -0.39 is 0 Å². The second-order valence-electron chi connectivity index (χ2n) is 8.61. The van der Waals surface area contributed by atoms with Gasteiger partial charge in [0.15, 0.2) is 0 Å². The van der Waals surface area contributed by atoms with E-state index in [4.69, 9.17) is 9.40 Å². The summed E-state index contributed by atoms with van der Waals surface area (Å²) in [5.74, 6) is 0.483. The van der Waals surface area contributed by atoms with Crippen molar-refractivity contribution in [1.82, 2.24) is 9.97 Å². The van der Waals surface area contributed by atoms with Crippen molar-refractivity contribution >= 4 is 22.1 Å². The predicted molar refractivity (Wildman–Crippen MR) is 126 cm³/mol. The zero-order valence-corrected chi connectivity index (χ0v) is 18.8. The Balaban J connectivity index is 1.79. The summed E-state index contributed by atoms with van der Waals surface area (Å²) >= 11 is 0. The first-order valence-corrected chi connectivity index (χ1v) is 11.3. The molecule has 156 valence electrons. The molecule has 0 atom stereocenters. The molecule has 4 aromatic rings. The van der Waals surface area contributed by atoms with Gasteiger partial charge in [0, 0.05) is 34.1 Å². The normalized spacial score (nSPS) is 12.3. The van der Waals surface area contributed by atoms with Crippen LogP contribution in [0.25, 0.3) is 33.3 Å². The molecular formula is C27H32N2O. The number of rotatable bonds is 7. The first kappa shape index (κ1) is 20.6. The largest absolute Gasteiger partial charge is 0.438 e. The molecule has 0 spiro atoms. The van der Waals surface area contributed by atoms with Crippen molar-refractivity contribution in [2.45, 2.75) is 71.6 Å². The fraction of sp³-hybridized carbons (Fsp3) is 0.407. The summed E-state index contributed by atoms with van der Waals surface area (Å²) in [5.41, 5.74) is 6.40. The van der Waals surface area contributed by atoms with Crippen molar-refractivity contribution in [3.8, 4) is 11.3 Å². The molecule has 0 saturated carbocycles. The fourth-order valence-electron chi connectivity index (χ4n) is 4.39. The predicted octanol–water partition coefficient (Wildman–Crippen LogP) is 8.02. The summed E-state index contributed by atoms with van der Waals surface area (Å²) in [7, 11) is 0. The summed E-state index contributed by atoms with van der Waals surface area (Å²) in [5, 5.41) is 2.18. The third-order valence-corrected chi connectivity index (χ3v) is 7.08. The molecule has 3 heteroatoms. The minimum atomic E-state index is 0.180. The molecule has 1 aromatic carbocycles. The molecule has 0 N–H and O–H groups in total. The van der Waals surface area contributed by atoms with E-state index in [0.717, 1.165) is 64.7 Å². The molecule has 4 rings (SSSR count). The summed E-state index contributed by atoms with van der Waals surface area (Å²) in [4.78, 5) is 9.52. The Hall–Kier alpha value is -2.68. The Labute approximate surface area is 179 Å². The quantitative estimate of drug-likeness (QED) is 0.315. The number of hydrogen-bond acceptors (Lipinski definition) is 3. The number of fused-ring (bicyclic) bond motifs is 3. The van der Waals surface area contributed by atoms with Crippen LogP contribution in [0.4, 0.5) is 0 Å². The van der Waals surface area contributed by atoms with Gasteiger partial charge in [0.25, 0.3) is 0 Å². The summed E-state index contributed by atoms with van der Waals surface area (Å²) in [6, 6.07) is 15.1. The Morgan fingerprint density at radius 3 is 2.37 bits per heavy atom. The van der Waals surface area contributed by atoms with Crippen LogP contribution in [0.2, 0.25) is 0 Å². The second kappa shape index (κ2) is 8.22. The molecule has 0 aliphatic rings. The Bertz CT molecular complexity index is 1170. The topological polar surface area (TPSA) is 38.9 Å². The van der Waals surface area contributed by atoms with Crippen LogP contribution in [0.15, 0.2) is 53.1 Å². The zero-order chi connectivity index (χ0) is 21.3.